The lowest BCUT2D eigenvalue weighted by molar-refractivity contribution is -0.110. The predicted octanol–water partition coefficient (Wildman–Crippen LogP) is 4.08. The van der Waals surface area contributed by atoms with Crippen LogP contribution in [0.4, 0.5) is 19.4 Å². The number of rotatable bonds is 4. The molecular formula is C10H10F5NOS. The summed E-state index contributed by atoms with van der Waals surface area (Å²) in [4.78, 5) is 8.44. The van der Waals surface area contributed by atoms with Gasteiger partial charge < -0.3 is 5.32 Å². The van der Waals surface area contributed by atoms with Gasteiger partial charge in [-0.05, 0) is 30.5 Å². The normalized spacial score (nSPS) is 21.6. The van der Waals surface area contributed by atoms with Crippen molar-refractivity contribution in [3.8, 4) is 0 Å². The third-order valence-electron chi connectivity index (χ3n) is 2.94. The summed E-state index contributed by atoms with van der Waals surface area (Å²) >= 11 is 0. The summed E-state index contributed by atoms with van der Waals surface area (Å²) < 4.78 is 62.3. The van der Waals surface area contributed by atoms with Crippen LogP contribution >= 0.6 is 10.2 Å². The molecule has 0 aromatic heterocycles. The fourth-order valence-corrected chi connectivity index (χ4v) is 2.44. The van der Waals surface area contributed by atoms with E-state index in [-0.39, 0.29) is 0 Å². The molecule has 0 heterocycles. The molecule has 0 radical (unpaired) electrons. The van der Waals surface area contributed by atoms with Crippen molar-refractivity contribution in [2.75, 3.05) is 0 Å². The van der Waals surface area contributed by atoms with Crippen molar-refractivity contribution in [1.82, 2.24) is 5.32 Å². The summed E-state index contributed by atoms with van der Waals surface area (Å²) in [5, 5.41) is 2.49. The van der Waals surface area contributed by atoms with E-state index in [0.717, 1.165) is 12.1 Å². The Balaban J connectivity index is 2.36. The van der Waals surface area contributed by atoms with Crippen LogP contribution in [0.3, 0.4) is 0 Å². The van der Waals surface area contributed by atoms with Gasteiger partial charge in [0, 0.05) is 0 Å². The van der Waals surface area contributed by atoms with E-state index in [1.54, 1.807) is 0 Å². The van der Waals surface area contributed by atoms with Crippen molar-refractivity contribution in [3.05, 3.63) is 29.8 Å². The molecule has 1 saturated carbocycles. The Kier molecular flexibility index (Phi) is 2.18. The molecule has 102 valence electrons. The highest BCUT2D eigenvalue weighted by Gasteiger charge is 2.65. The number of hydrogen-bond donors (Lipinski definition) is 1. The third kappa shape index (κ3) is 2.43. The van der Waals surface area contributed by atoms with E-state index in [2.05, 4.69) is 5.32 Å². The van der Waals surface area contributed by atoms with Gasteiger partial charge in [-0.3, -0.25) is 4.79 Å². The Labute approximate surface area is 99.9 Å². The number of amides is 1. The quantitative estimate of drug-likeness (QED) is 0.656. The van der Waals surface area contributed by atoms with Gasteiger partial charge in [-0.1, -0.05) is 31.6 Å². The Morgan fingerprint density at radius 1 is 1.06 bits per heavy atom. The van der Waals surface area contributed by atoms with Crippen LogP contribution < -0.4 is 5.32 Å². The van der Waals surface area contributed by atoms with E-state index in [4.69, 9.17) is 0 Å². The first-order valence-corrected chi connectivity index (χ1v) is 6.98. The molecule has 1 amide bonds. The lowest BCUT2D eigenvalue weighted by Gasteiger charge is -2.40. The maximum atomic E-state index is 12.5. The topological polar surface area (TPSA) is 29.1 Å². The van der Waals surface area contributed by atoms with Gasteiger partial charge in [0.15, 0.2) is 0 Å². The van der Waals surface area contributed by atoms with E-state index in [9.17, 15) is 24.2 Å². The second-order valence-electron chi connectivity index (χ2n) is 4.34. The van der Waals surface area contributed by atoms with E-state index in [1.165, 1.54) is 0 Å². The molecule has 0 spiro atoms. The first-order chi connectivity index (χ1) is 7.97. The van der Waals surface area contributed by atoms with Crippen molar-refractivity contribution in [3.63, 3.8) is 0 Å². The Morgan fingerprint density at radius 2 is 1.56 bits per heavy atom. The van der Waals surface area contributed by atoms with Gasteiger partial charge in [0.05, 0.1) is 5.54 Å². The smallest absolute Gasteiger partial charge is 0.310 e. The third-order valence-corrected chi connectivity index (χ3v) is 4.10. The molecule has 1 aromatic carbocycles. The molecule has 1 fully saturated rings. The van der Waals surface area contributed by atoms with Crippen molar-refractivity contribution in [2.24, 2.45) is 0 Å². The van der Waals surface area contributed by atoms with Gasteiger partial charge in [-0.15, -0.1) is 0 Å². The van der Waals surface area contributed by atoms with Crippen LogP contribution in [0.25, 0.3) is 0 Å². The summed E-state index contributed by atoms with van der Waals surface area (Å²) in [5.41, 5.74) is -0.280. The van der Waals surface area contributed by atoms with Crippen LogP contribution in [-0.2, 0) is 10.3 Å². The molecule has 1 aromatic rings. The summed E-state index contributed by atoms with van der Waals surface area (Å²) in [6.07, 6.45) is 1.62. The van der Waals surface area contributed by atoms with Crippen LogP contribution in [0, 0.1) is 0 Å². The molecule has 18 heavy (non-hydrogen) atoms. The molecule has 1 aliphatic rings. The zero-order chi connectivity index (χ0) is 13.7. The number of halogens is 5. The first-order valence-electron chi connectivity index (χ1n) is 5.03. The number of carbonyl (C=O) groups excluding carboxylic acids is 1. The standard InChI is InChI=1S/C10H10F5NOS/c11-18(12,13,14,15)9-3-1-8(2-4-9)10(5-6-10)16-7-17/h1-4,7H,5-6H2,(H,16,17). The van der Waals surface area contributed by atoms with Crippen LogP contribution in [0.5, 0.6) is 0 Å². The molecule has 0 unspecified atom stereocenters. The van der Waals surface area contributed by atoms with E-state index in [0.29, 0.717) is 36.9 Å². The zero-order valence-corrected chi connectivity index (χ0v) is 9.82. The maximum absolute atomic E-state index is 12.5. The summed E-state index contributed by atoms with van der Waals surface area (Å²) in [6, 6.07) is 2.69. The Bertz CT molecular complexity index is 491. The lowest BCUT2D eigenvalue weighted by atomic mass is 10.1. The average Bonchev–Trinajstić information content (AvgIpc) is 2.96. The number of benzene rings is 1. The molecular weight excluding hydrogens is 277 g/mol. The fraction of sp³-hybridized carbons (Fsp3) is 0.300. The van der Waals surface area contributed by atoms with E-state index >= 15 is 0 Å². The SMILES string of the molecule is O=CNC1(c2ccc(S(F)(F)(F)(F)F)cc2)CC1. The second kappa shape index (κ2) is 2.98. The van der Waals surface area contributed by atoms with Gasteiger partial charge in [0.2, 0.25) is 6.41 Å². The van der Waals surface area contributed by atoms with Crippen molar-refractivity contribution < 1.29 is 24.2 Å². The Morgan fingerprint density at radius 3 is 1.89 bits per heavy atom. The highest BCUT2D eigenvalue weighted by molar-refractivity contribution is 8.45. The molecule has 1 aliphatic carbocycles. The first kappa shape index (κ1) is 13.1. The summed E-state index contributed by atoms with van der Waals surface area (Å²) in [5.74, 6) is 0. The summed E-state index contributed by atoms with van der Waals surface area (Å²) in [7, 11) is -9.61. The monoisotopic (exact) mass is 287 g/mol. The maximum Gasteiger partial charge on any atom is 0.310 e. The number of nitrogens with one attached hydrogen (secondary N) is 1. The van der Waals surface area contributed by atoms with Gasteiger partial charge in [-0.2, -0.15) is 0 Å². The number of carbonyl (C=O) groups is 1. The van der Waals surface area contributed by atoms with Crippen LogP contribution in [0.1, 0.15) is 18.4 Å². The molecule has 0 aliphatic heterocycles. The molecule has 8 heteroatoms. The van der Waals surface area contributed by atoms with Crippen LogP contribution in [-0.4, -0.2) is 6.41 Å². The predicted molar refractivity (Wildman–Crippen MR) is 58.0 cm³/mol. The minimum atomic E-state index is -9.61. The fourth-order valence-electron chi connectivity index (χ4n) is 1.79. The van der Waals surface area contributed by atoms with Gasteiger partial charge in [0.1, 0.15) is 4.90 Å². The van der Waals surface area contributed by atoms with Crippen molar-refractivity contribution >= 4 is 16.6 Å². The molecule has 0 atom stereocenters. The van der Waals surface area contributed by atoms with E-state index in [1.807, 2.05) is 0 Å². The van der Waals surface area contributed by atoms with Crippen LogP contribution in [0.2, 0.25) is 0 Å². The van der Waals surface area contributed by atoms with Crippen molar-refractivity contribution in [1.29, 1.82) is 0 Å². The van der Waals surface area contributed by atoms with Gasteiger partial charge >= 0.3 is 10.2 Å². The summed E-state index contributed by atoms with van der Waals surface area (Å²) in [6.45, 7) is 0. The Hall–Kier alpha value is -1.31. The number of hydrogen-bond acceptors (Lipinski definition) is 1. The molecule has 1 N–H and O–H groups in total. The van der Waals surface area contributed by atoms with Crippen molar-refractivity contribution in [2.45, 2.75) is 23.3 Å². The molecule has 0 bridgehead atoms. The average molecular weight is 287 g/mol. The van der Waals surface area contributed by atoms with Gasteiger partial charge in [-0.25, -0.2) is 0 Å². The minimum absolute atomic E-state index is 0.365. The second-order valence-corrected chi connectivity index (χ2v) is 6.75. The molecule has 2 rings (SSSR count). The lowest BCUT2D eigenvalue weighted by Crippen LogP contribution is -2.27. The van der Waals surface area contributed by atoms with E-state index < -0.39 is 20.7 Å². The van der Waals surface area contributed by atoms with Gasteiger partial charge in [0.25, 0.3) is 0 Å². The van der Waals surface area contributed by atoms with Crippen LogP contribution in [0.15, 0.2) is 29.2 Å². The highest BCUT2D eigenvalue weighted by Crippen LogP contribution is 3.02. The molecule has 2 nitrogen and oxygen atoms in total. The molecule has 0 saturated heterocycles. The minimum Gasteiger partial charge on any atom is -0.349 e. The zero-order valence-electron chi connectivity index (χ0n) is 9.01. The largest absolute Gasteiger partial charge is 0.349 e. The highest BCUT2D eigenvalue weighted by atomic mass is 32.5.